The molecule has 134 valence electrons. The van der Waals surface area contributed by atoms with Gasteiger partial charge in [0, 0.05) is 31.0 Å². The van der Waals surface area contributed by atoms with Gasteiger partial charge in [0.05, 0.1) is 0 Å². The number of hydrogen-bond acceptors (Lipinski definition) is 3. The van der Waals surface area contributed by atoms with Gasteiger partial charge >= 0.3 is 0 Å². The topological polar surface area (TPSA) is 12.0 Å². The maximum absolute atomic E-state index is 4.03. The lowest BCUT2D eigenvalue weighted by Gasteiger charge is -2.09. The number of thioether (sulfide) groups is 1. The van der Waals surface area contributed by atoms with Gasteiger partial charge in [0.2, 0.25) is 0 Å². The second-order valence-electron chi connectivity index (χ2n) is 5.75. The minimum absolute atomic E-state index is 0.988. The third-order valence-electron chi connectivity index (χ3n) is 3.64. The Labute approximate surface area is 169 Å². The summed E-state index contributed by atoms with van der Waals surface area (Å²) in [6.45, 7) is 7.70. The number of nitrogens with one attached hydrogen (secondary N) is 1. The summed E-state index contributed by atoms with van der Waals surface area (Å²) in [5.41, 5.74) is 2.14. The van der Waals surface area contributed by atoms with E-state index < -0.39 is 0 Å². The van der Waals surface area contributed by atoms with Gasteiger partial charge in [0.15, 0.2) is 0 Å². The highest BCUT2D eigenvalue weighted by molar-refractivity contribution is 8.03. The van der Waals surface area contributed by atoms with Crippen molar-refractivity contribution in [3.63, 3.8) is 0 Å². The van der Waals surface area contributed by atoms with E-state index in [1.807, 2.05) is 18.2 Å². The van der Waals surface area contributed by atoms with Crippen molar-refractivity contribution in [3.05, 3.63) is 115 Å². The molecule has 0 fully saturated rings. The monoisotopic (exact) mass is 387 g/mol. The second kappa shape index (κ2) is 9.91. The molecule has 27 heavy (non-hydrogen) atoms. The molecule has 0 saturated heterocycles. The maximum Gasteiger partial charge on any atom is 0.0385 e. The molecule has 3 rings (SSSR count). The molecule has 0 aliphatic heterocycles. The van der Waals surface area contributed by atoms with Crippen molar-refractivity contribution in [1.82, 2.24) is 0 Å². The van der Waals surface area contributed by atoms with E-state index in [0.29, 0.717) is 0 Å². The standard InChI is InChI=1S/C24H21NS2/c1-3-4-8-19(2)26-23-15-11-20(12-16-23)25-21-13-17-24(18-14-21)27-22-9-6-5-7-10-22/h3-18,25H,1-2H2/b8-4-. The van der Waals surface area contributed by atoms with Crippen LogP contribution in [0.15, 0.2) is 130 Å². The van der Waals surface area contributed by atoms with E-state index in [0.717, 1.165) is 21.2 Å². The molecular formula is C24H21NS2. The number of anilines is 2. The Balaban J connectivity index is 1.58. The second-order valence-corrected chi connectivity index (χ2v) is 8.10. The summed E-state index contributed by atoms with van der Waals surface area (Å²) in [5, 5.41) is 3.44. The average Bonchev–Trinajstić information content (AvgIpc) is 2.70. The van der Waals surface area contributed by atoms with E-state index in [1.54, 1.807) is 29.6 Å². The molecule has 3 aromatic carbocycles. The molecule has 0 aromatic heterocycles. The summed E-state index contributed by atoms with van der Waals surface area (Å²) in [4.78, 5) is 4.62. The van der Waals surface area contributed by atoms with Gasteiger partial charge < -0.3 is 5.32 Å². The van der Waals surface area contributed by atoms with Crippen LogP contribution in [0.25, 0.3) is 0 Å². The molecule has 0 amide bonds. The maximum atomic E-state index is 4.03. The Morgan fingerprint density at radius 1 is 0.741 bits per heavy atom. The Morgan fingerprint density at radius 3 is 1.89 bits per heavy atom. The third-order valence-corrected chi connectivity index (χ3v) is 5.57. The number of hydrogen-bond donors (Lipinski definition) is 1. The number of benzene rings is 3. The first-order valence-electron chi connectivity index (χ1n) is 8.59. The fourth-order valence-electron chi connectivity index (χ4n) is 2.36. The zero-order chi connectivity index (χ0) is 18.9. The van der Waals surface area contributed by atoms with Crippen molar-refractivity contribution in [1.29, 1.82) is 0 Å². The van der Waals surface area contributed by atoms with Gasteiger partial charge in [-0.1, -0.05) is 67.0 Å². The predicted octanol–water partition coefficient (Wildman–Crippen LogP) is 7.93. The summed E-state index contributed by atoms with van der Waals surface area (Å²) in [7, 11) is 0. The summed E-state index contributed by atoms with van der Waals surface area (Å²) in [5.74, 6) is 0. The molecule has 0 aliphatic rings. The van der Waals surface area contributed by atoms with Crippen LogP contribution in [0, 0.1) is 0 Å². The summed E-state index contributed by atoms with van der Waals surface area (Å²) in [6, 6.07) is 27.3. The molecule has 0 saturated carbocycles. The Hall–Kier alpha value is -2.62. The van der Waals surface area contributed by atoms with Crippen molar-refractivity contribution in [2.24, 2.45) is 0 Å². The highest BCUT2D eigenvalue weighted by Crippen LogP contribution is 2.30. The molecular weight excluding hydrogens is 366 g/mol. The summed E-state index contributed by atoms with van der Waals surface area (Å²) < 4.78 is 0. The molecule has 3 heteroatoms. The smallest absolute Gasteiger partial charge is 0.0385 e. The number of rotatable bonds is 8. The fraction of sp³-hybridized carbons (Fsp3) is 0. The quantitative estimate of drug-likeness (QED) is 0.311. The Bertz CT molecular complexity index is 911. The van der Waals surface area contributed by atoms with E-state index in [1.165, 1.54) is 9.79 Å². The first kappa shape index (κ1) is 19.2. The number of allylic oxidation sites excluding steroid dienone is 3. The molecule has 3 aromatic rings. The normalized spacial score (nSPS) is 10.7. The molecule has 0 bridgehead atoms. The zero-order valence-electron chi connectivity index (χ0n) is 15.0. The van der Waals surface area contributed by atoms with E-state index in [-0.39, 0.29) is 0 Å². The van der Waals surface area contributed by atoms with Crippen LogP contribution in [-0.2, 0) is 0 Å². The van der Waals surface area contributed by atoms with Gasteiger partial charge in [0.1, 0.15) is 0 Å². The van der Waals surface area contributed by atoms with Gasteiger partial charge in [-0.25, -0.2) is 0 Å². The van der Waals surface area contributed by atoms with Crippen LogP contribution < -0.4 is 5.32 Å². The van der Waals surface area contributed by atoms with Crippen molar-refractivity contribution in [2.45, 2.75) is 14.7 Å². The average molecular weight is 388 g/mol. The van der Waals surface area contributed by atoms with Crippen LogP contribution >= 0.6 is 23.5 Å². The molecule has 1 nitrogen and oxygen atoms in total. The van der Waals surface area contributed by atoms with E-state index >= 15 is 0 Å². The van der Waals surface area contributed by atoms with Gasteiger partial charge in [-0.15, -0.1) is 0 Å². The lowest BCUT2D eigenvalue weighted by Crippen LogP contribution is -1.89. The molecule has 0 aliphatic carbocycles. The van der Waals surface area contributed by atoms with Crippen LogP contribution in [0.1, 0.15) is 0 Å². The van der Waals surface area contributed by atoms with Gasteiger partial charge in [-0.05, 0) is 66.7 Å². The molecule has 0 radical (unpaired) electrons. The zero-order valence-corrected chi connectivity index (χ0v) is 16.6. The lowest BCUT2D eigenvalue weighted by molar-refractivity contribution is 1.39. The minimum atomic E-state index is 0.988. The van der Waals surface area contributed by atoms with Gasteiger partial charge in [-0.3, -0.25) is 0 Å². The Morgan fingerprint density at radius 2 is 1.30 bits per heavy atom. The highest BCUT2D eigenvalue weighted by Gasteiger charge is 2.00. The highest BCUT2D eigenvalue weighted by atomic mass is 32.2. The summed E-state index contributed by atoms with van der Waals surface area (Å²) in [6.07, 6.45) is 5.60. The van der Waals surface area contributed by atoms with Crippen molar-refractivity contribution in [3.8, 4) is 0 Å². The van der Waals surface area contributed by atoms with E-state index in [2.05, 4.69) is 91.3 Å². The van der Waals surface area contributed by atoms with Crippen molar-refractivity contribution >= 4 is 34.9 Å². The van der Waals surface area contributed by atoms with Crippen molar-refractivity contribution < 1.29 is 0 Å². The molecule has 1 N–H and O–H groups in total. The van der Waals surface area contributed by atoms with E-state index in [4.69, 9.17) is 0 Å². The minimum Gasteiger partial charge on any atom is -0.356 e. The van der Waals surface area contributed by atoms with E-state index in [9.17, 15) is 0 Å². The molecule has 0 atom stereocenters. The van der Waals surface area contributed by atoms with Crippen LogP contribution in [0.5, 0.6) is 0 Å². The first-order chi connectivity index (χ1) is 13.2. The Kier molecular flexibility index (Phi) is 7.03. The largest absolute Gasteiger partial charge is 0.356 e. The van der Waals surface area contributed by atoms with Crippen LogP contribution in [0.3, 0.4) is 0 Å². The SMILES string of the molecule is C=C/C=C\C(=C)Sc1ccc(Nc2ccc(Sc3ccccc3)cc2)cc1. The predicted molar refractivity (Wildman–Crippen MR) is 121 cm³/mol. The lowest BCUT2D eigenvalue weighted by atomic mass is 10.3. The van der Waals surface area contributed by atoms with Gasteiger partial charge in [-0.2, -0.15) is 0 Å². The first-order valence-corrected chi connectivity index (χ1v) is 10.2. The van der Waals surface area contributed by atoms with Crippen LogP contribution in [0.2, 0.25) is 0 Å². The van der Waals surface area contributed by atoms with Crippen molar-refractivity contribution in [2.75, 3.05) is 5.32 Å². The molecule has 0 spiro atoms. The van der Waals surface area contributed by atoms with Crippen LogP contribution in [0.4, 0.5) is 11.4 Å². The van der Waals surface area contributed by atoms with Gasteiger partial charge in [0.25, 0.3) is 0 Å². The fourth-order valence-corrected chi connectivity index (χ4v) is 3.92. The van der Waals surface area contributed by atoms with Crippen LogP contribution in [-0.4, -0.2) is 0 Å². The molecule has 0 heterocycles. The third kappa shape index (κ3) is 6.24. The summed E-state index contributed by atoms with van der Waals surface area (Å²) >= 11 is 3.41. The molecule has 0 unspecified atom stereocenters.